The van der Waals surface area contributed by atoms with Crippen molar-refractivity contribution in [2.45, 2.75) is 31.3 Å². The first kappa shape index (κ1) is 11.6. The van der Waals surface area contributed by atoms with Crippen LogP contribution in [-0.4, -0.2) is 17.8 Å². The number of rotatable bonds is 5. The smallest absolute Gasteiger partial charge is 0.123 e. The first-order valence-electron chi connectivity index (χ1n) is 5.84. The number of aliphatic hydroxyl groups excluding tert-OH is 1. The minimum atomic E-state index is -0.400. The highest BCUT2D eigenvalue weighted by molar-refractivity contribution is 5.22. The second kappa shape index (κ2) is 4.93. The van der Waals surface area contributed by atoms with Crippen molar-refractivity contribution < 1.29 is 9.50 Å². The number of hydrogen-bond donors (Lipinski definition) is 2. The molecule has 1 aromatic carbocycles. The Bertz CT molecular complexity index is 334. The van der Waals surface area contributed by atoms with Gasteiger partial charge in [-0.15, -0.1) is 0 Å². The van der Waals surface area contributed by atoms with Gasteiger partial charge in [0.15, 0.2) is 0 Å². The zero-order valence-electron chi connectivity index (χ0n) is 9.27. The van der Waals surface area contributed by atoms with E-state index in [0.29, 0.717) is 12.5 Å². The third-order valence-electron chi connectivity index (χ3n) is 3.29. The molecule has 2 rings (SSSR count). The zero-order valence-corrected chi connectivity index (χ0v) is 9.27. The Labute approximate surface area is 95.3 Å². The standard InChI is InChI=1S/C13H18FNO/c14-11-5-3-10(4-6-11)12(8-15)13(16)7-9-1-2-9/h3-6,9,12-13,16H,1-2,7-8,15H2. The molecule has 3 N–H and O–H groups in total. The summed E-state index contributed by atoms with van der Waals surface area (Å²) < 4.78 is 12.8. The normalized spacial score (nSPS) is 19.4. The molecule has 1 aliphatic carbocycles. The van der Waals surface area contributed by atoms with E-state index in [4.69, 9.17) is 5.73 Å². The Hall–Kier alpha value is -0.930. The van der Waals surface area contributed by atoms with Crippen LogP contribution >= 0.6 is 0 Å². The molecule has 0 aliphatic heterocycles. The Morgan fingerprint density at radius 1 is 1.31 bits per heavy atom. The second-order valence-corrected chi connectivity index (χ2v) is 4.64. The van der Waals surface area contributed by atoms with Crippen molar-refractivity contribution in [1.82, 2.24) is 0 Å². The van der Waals surface area contributed by atoms with Crippen LogP contribution in [0.2, 0.25) is 0 Å². The highest BCUT2D eigenvalue weighted by Crippen LogP contribution is 2.36. The lowest BCUT2D eigenvalue weighted by atomic mass is 9.90. The van der Waals surface area contributed by atoms with E-state index in [9.17, 15) is 9.50 Å². The monoisotopic (exact) mass is 223 g/mol. The van der Waals surface area contributed by atoms with Crippen LogP contribution < -0.4 is 5.73 Å². The fourth-order valence-electron chi connectivity index (χ4n) is 2.08. The van der Waals surface area contributed by atoms with Gasteiger partial charge in [-0.25, -0.2) is 4.39 Å². The molecule has 1 fully saturated rings. The number of aliphatic hydroxyl groups is 1. The van der Waals surface area contributed by atoms with Gasteiger partial charge in [0.25, 0.3) is 0 Å². The van der Waals surface area contributed by atoms with Crippen molar-refractivity contribution in [2.24, 2.45) is 11.7 Å². The molecule has 0 amide bonds. The van der Waals surface area contributed by atoms with Crippen LogP contribution in [0.4, 0.5) is 4.39 Å². The molecule has 3 heteroatoms. The van der Waals surface area contributed by atoms with Crippen LogP contribution in [0.1, 0.15) is 30.7 Å². The van der Waals surface area contributed by atoms with Crippen LogP contribution in [0.5, 0.6) is 0 Å². The molecule has 16 heavy (non-hydrogen) atoms. The van der Waals surface area contributed by atoms with E-state index in [1.165, 1.54) is 25.0 Å². The van der Waals surface area contributed by atoms with Crippen molar-refractivity contribution in [1.29, 1.82) is 0 Å². The summed E-state index contributed by atoms with van der Waals surface area (Å²) in [5.74, 6) is 0.349. The molecular formula is C13H18FNO. The Morgan fingerprint density at radius 2 is 1.94 bits per heavy atom. The maximum atomic E-state index is 12.8. The Balaban J connectivity index is 2.04. The summed E-state index contributed by atoms with van der Waals surface area (Å²) in [6.45, 7) is 0.402. The molecule has 1 aromatic rings. The second-order valence-electron chi connectivity index (χ2n) is 4.64. The predicted molar refractivity (Wildman–Crippen MR) is 61.5 cm³/mol. The lowest BCUT2D eigenvalue weighted by Crippen LogP contribution is -2.26. The number of halogens is 1. The summed E-state index contributed by atoms with van der Waals surface area (Å²) in [5.41, 5.74) is 6.61. The molecule has 2 nitrogen and oxygen atoms in total. The predicted octanol–water partition coefficient (Wildman–Crippen LogP) is 2.03. The van der Waals surface area contributed by atoms with Gasteiger partial charge in [0.1, 0.15) is 5.82 Å². The largest absolute Gasteiger partial charge is 0.392 e. The fourth-order valence-corrected chi connectivity index (χ4v) is 2.08. The highest BCUT2D eigenvalue weighted by atomic mass is 19.1. The summed E-state index contributed by atoms with van der Waals surface area (Å²) in [5, 5.41) is 10.1. The third-order valence-corrected chi connectivity index (χ3v) is 3.29. The van der Waals surface area contributed by atoms with Crippen molar-refractivity contribution in [3.8, 4) is 0 Å². The van der Waals surface area contributed by atoms with Crippen molar-refractivity contribution in [3.05, 3.63) is 35.6 Å². The molecule has 0 spiro atoms. The number of benzene rings is 1. The number of nitrogens with two attached hydrogens (primary N) is 1. The van der Waals surface area contributed by atoms with Gasteiger partial charge in [0.05, 0.1) is 6.10 Å². The quantitative estimate of drug-likeness (QED) is 0.802. The first-order valence-corrected chi connectivity index (χ1v) is 5.84. The van der Waals surface area contributed by atoms with Crippen LogP contribution in [0.3, 0.4) is 0 Å². The SMILES string of the molecule is NCC(c1ccc(F)cc1)C(O)CC1CC1. The molecule has 1 saturated carbocycles. The van der Waals surface area contributed by atoms with Gasteiger partial charge >= 0.3 is 0 Å². The van der Waals surface area contributed by atoms with Crippen molar-refractivity contribution in [2.75, 3.05) is 6.54 Å². The lowest BCUT2D eigenvalue weighted by molar-refractivity contribution is 0.129. The van der Waals surface area contributed by atoms with E-state index < -0.39 is 6.10 Å². The molecular weight excluding hydrogens is 205 g/mol. The Kier molecular flexibility index (Phi) is 3.56. The van der Waals surface area contributed by atoms with Gasteiger partial charge in [-0.2, -0.15) is 0 Å². The van der Waals surface area contributed by atoms with E-state index >= 15 is 0 Å². The van der Waals surface area contributed by atoms with E-state index in [-0.39, 0.29) is 11.7 Å². The topological polar surface area (TPSA) is 46.2 Å². The first-order chi connectivity index (χ1) is 7.70. The van der Waals surface area contributed by atoms with E-state index in [1.807, 2.05) is 0 Å². The summed E-state index contributed by atoms with van der Waals surface area (Å²) in [6.07, 6.45) is 2.86. The minimum Gasteiger partial charge on any atom is -0.392 e. The van der Waals surface area contributed by atoms with Gasteiger partial charge in [-0.1, -0.05) is 25.0 Å². The minimum absolute atomic E-state index is 0.0683. The third kappa shape index (κ3) is 2.80. The molecule has 88 valence electrons. The molecule has 0 bridgehead atoms. The number of hydrogen-bond acceptors (Lipinski definition) is 2. The van der Waals surface area contributed by atoms with Crippen LogP contribution in [0.15, 0.2) is 24.3 Å². The van der Waals surface area contributed by atoms with Crippen LogP contribution in [0.25, 0.3) is 0 Å². The summed E-state index contributed by atoms with van der Waals surface area (Å²) in [7, 11) is 0. The summed E-state index contributed by atoms with van der Waals surface area (Å²) in [4.78, 5) is 0. The van der Waals surface area contributed by atoms with E-state index in [1.54, 1.807) is 12.1 Å². The highest BCUT2D eigenvalue weighted by Gasteiger charge is 2.28. The molecule has 2 unspecified atom stereocenters. The average Bonchev–Trinajstić information content (AvgIpc) is 3.06. The Morgan fingerprint density at radius 3 is 2.44 bits per heavy atom. The zero-order chi connectivity index (χ0) is 11.5. The maximum absolute atomic E-state index is 12.8. The van der Waals surface area contributed by atoms with Gasteiger partial charge in [-0.3, -0.25) is 0 Å². The van der Waals surface area contributed by atoms with Gasteiger partial charge < -0.3 is 10.8 Å². The van der Waals surface area contributed by atoms with E-state index in [0.717, 1.165) is 12.0 Å². The van der Waals surface area contributed by atoms with Gasteiger partial charge in [0, 0.05) is 12.5 Å². The van der Waals surface area contributed by atoms with Crippen LogP contribution in [0, 0.1) is 11.7 Å². The average molecular weight is 223 g/mol. The fraction of sp³-hybridized carbons (Fsp3) is 0.538. The maximum Gasteiger partial charge on any atom is 0.123 e. The molecule has 1 aliphatic rings. The van der Waals surface area contributed by atoms with Crippen LogP contribution in [-0.2, 0) is 0 Å². The molecule has 0 saturated heterocycles. The van der Waals surface area contributed by atoms with E-state index in [2.05, 4.69) is 0 Å². The molecule has 0 heterocycles. The summed E-state index contributed by atoms with van der Waals surface area (Å²) in [6, 6.07) is 6.26. The van der Waals surface area contributed by atoms with Gasteiger partial charge in [0.2, 0.25) is 0 Å². The molecule has 0 radical (unpaired) electrons. The molecule has 0 aromatic heterocycles. The molecule has 2 atom stereocenters. The van der Waals surface area contributed by atoms with Crippen molar-refractivity contribution in [3.63, 3.8) is 0 Å². The van der Waals surface area contributed by atoms with Gasteiger partial charge in [-0.05, 0) is 30.0 Å². The van der Waals surface area contributed by atoms with Crippen molar-refractivity contribution >= 4 is 0 Å². The lowest BCUT2D eigenvalue weighted by Gasteiger charge is -2.21. The summed E-state index contributed by atoms with van der Waals surface area (Å²) >= 11 is 0.